The van der Waals surface area contributed by atoms with Crippen molar-refractivity contribution < 1.29 is 23.9 Å². The van der Waals surface area contributed by atoms with Crippen LogP contribution in [0.25, 0.3) is 0 Å². The number of nitrogens with zero attached hydrogens (tertiary/aromatic N) is 1. The Morgan fingerprint density at radius 2 is 1.92 bits per heavy atom. The van der Waals surface area contributed by atoms with Gasteiger partial charge in [0, 0.05) is 12.5 Å². The van der Waals surface area contributed by atoms with Gasteiger partial charge in [-0.3, -0.25) is 19.8 Å². The standard InChI is InChI=1S/C16H22N4O5/c1-24-14(21)8-10-2-5-12(6-3-10)25-13-7-4-11(9-18-13)19-15(22)16(23)20-17/h4,7,9-10,12H,2-3,5-6,8,17H2,1H3,(H,19,22)(H,20,23). The predicted molar refractivity (Wildman–Crippen MR) is 88.2 cm³/mol. The number of carbonyl (C=O) groups excluding carboxylic acids is 3. The van der Waals surface area contributed by atoms with E-state index >= 15 is 0 Å². The molecule has 1 saturated carbocycles. The predicted octanol–water partition coefficient (Wildman–Crippen LogP) is 0.511. The van der Waals surface area contributed by atoms with Crippen molar-refractivity contribution in [3.05, 3.63) is 18.3 Å². The molecule has 2 amide bonds. The fourth-order valence-corrected chi connectivity index (χ4v) is 2.72. The molecule has 9 nitrogen and oxygen atoms in total. The largest absolute Gasteiger partial charge is 0.474 e. The monoisotopic (exact) mass is 350 g/mol. The van der Waals surface area contributed by atoms with Crippen molar-refractivity contribution >= 4 is 23.5 Å². The molecule has 0 aliphatic heterocycles. The molecule has 1 aliphatic carbocycles. The van der Waals surface area contributed by atoms with Gasteiger partial charge in [-0.1, -0.05) is 0 Å². The SMILES string of the molecule is COC(=O)CC1CCC(Oc2ccc(NC(=O)C(=O)NN)cn2)CC1. The molecule has 0 atom stereocenters. The van der Waals surface area contributed by atoms with Crippen LogP contribution < -0.4 is 21.3 Å². The summed E-state index contributed by atoms with van der Waals surface area (Å²) in [4.78, 5) is 37.8. The number of hydrogen-bond donors (Lipinski definition) is 3. The smallest absolute Gasteiger partial charge is 0.323 e. The molecule has 9 heteroatoms. The third kappa shape index (κ3) is 5.71. The summed E-state index contributed by atoms with van der Waals surface area (Å²) in [5, 5.41) is 2.36. The van der Waals surface area contributed by atoms with E-state index < -0.39 is 11.8 Å². The lowest BCUT2D eigenvalue weighted by atomic mass is 9.85. The fraction of sp³-hybridized carbons (Fsp3) is 0.500. The Kier molecular flexibility index (Phi) is 6.70. The van der Waals surface area contributed by atoms with Gasteiger partial charge in [-0.15, -0.1) is 0 Å². The van der Waals surface area contributed by atoms with Crippen LogP contribution in [0.1, 0.15) is 32.1 Å². The van der Waals surface area contributed by atoms with Crippen molar-refractivity contribution in [2.75, 3.05) is 12.4 Å². The number of pyridine rings is 1. The third-order valence-corrected chi connectivity index (χ3v) is 4.10. The lowest BCUT2D eigenvalue weighted by molar-refractivity contribution is -0.142. The number of methoxy groups -OCH3 is 1. The summed E-state index contributed by atoms with van der Waals surface area (Å²) in [6.07, 6.45) is 5.40. The van der Waals surface area contributed by atoms with Crippen molar-refractivity contribution in [3.8, 4) is 5.88 Å². The van der Waals surface area contributed by atoms with Crippen LogP contribution in [0.2, 0.25) is 0 Å². The molecule has 0 spiro atoms. The van der Waals surface area contributed by atoms with Gasteiger partial charge in [-0.2, -0.15) is 0 Å². The molecular formula is C16H22N4O5. The molecule has 136 valence electrons. The quantitative estimate of drug-likeness (QED) is 0.232. The van der Waals surface area contributed by atoms with Gasteiger partial charge in [0.1, 0.15) is 6.10 Å². The first-order valence-corrected chi connectivity index (χ1v) is 8.03. The van der Waals surface area contributed by atoms with Crippen LogP contribution >= 0.6 is 0 Å². The Morgan fingerprint density at radius 1 is 1.20 bits per heavy atom. The van der Waals surface area contributed by atoms with Gasteiger partial charge < -0.3 is 14.8 Å². The van der Waals surface area contributed by atoms with E-state index in [9.17, 15) is 14.4 Å². The Balaban J connectivity index is 1.79. The highest BCUT2D eigenvalue weighted by Gasteiger charge is 2.24. The van der Waals surface area contributed by atoms with Crippen molar-refractivity contribution in [2.45, 2.75) is 38.2 Å². The van der Waals surface area contributed by atoms with E-state index in [0.717, 1.165) is 25.7 Å². The van der Waals surface area contributed by atoms with E-state index in [2.05, 4.69) is 10.3 Å². The van der Waals surface area contributed by atoms with Gasteiger partial charge in [0.15, 0.2) is 0 Å². The molecule has 0 saturated heterocycles. The number of carbonyl (C=O) groups is 3. The number of hydrogen-bond acceptors (Lipinski definition) is 7. The summed E-state index contributed by atoms with van der Waals surface area (Å²) < 4.78 is 10.5. The zero-order valence-electron chi connectivity index (χ0n) is 14.0. The van der Waals surface area contributed by atoms with Crippen LogP contribution in [0.4, 0.5) is 5.69 Å². The lowest BCUT2D eigenvalue weighted by Gasteiger charge is -2.28. The van der Waals surface area contributed by atoms with E-state index in [1.54, 1.807) is 17.6 Å². The van der Waals surface area contributed by atoms with Crippen LogP contribution in [-0.2, 0) is 19.1 Å². The minimum absolute atomic E-state index is 0.0462. The first-order valence-electron chi connectivity index (χ1n) is 8.03. The molecule has 1 heterocycles. The average molecular weight is 350 g/mol. The van der Waals surface area contributed by atoms with Gasteiger partial charge >= 0.3 is 17.8 Å². The number of rotatable bonds is 5. The van der Waals surface area contributed by atoms with E-state index in [1.807, 2.05) is 0 Å². The second kappa shape index (κ2) is 8.97. The van der Waals surface area contributed by atoms with E-state index in [1.165, 1.54) is 13.3 Å². The van der Waals surface area contributed by atoms with Crippen LogP contribution in [0.15, 0.2) is 18.3 Å². The molecule has 2 rings (SSSR count). The summed E-state index contributed by atoms with van der Waals surface area (Å²) in [6, 6.07) is 3.21. The second-order valence-corrected chi connectivity index (χ2v) is 5.85. The molecule has 1 fully saturated rings. The van der Waals surface area contributed by atoms with Crippen molar-refractivity contribution in [2.24, 2.45) is 11.8 Å². The average Bonchev–Trinajstić information content (AvgIpc) is 2.64. The summed E-state index contributed by atoms with van der Waals surface area (Å²) in [5.74, 6) is 3.67. The minimum atomic E-state index is -0.941. The minimum Gasteiger partial charge on any atom is -0.474 e. The highest BCUT2D eigenvalue weighted by Crippen LogP contribution is 2.29. The Morgan fingerprint density at radius 3 is 2.48 bits per heavy atom. The van der Waals surface area contributed by atoms with Crippen LogP contribution in [0.5, 0.6) is 5.88 Å². The number of anilines is 1. The molecule has 0 aromatic carbocycles. The van der Waals surface area contributed by atoms with E-state index in [4.69, 9.17) is 15.3 Å². The molecule has 0 radical (unpaired) electrons. The molecule has 1 aromatic rings. The van der Waals surface area contributed by atoms with E-state index in [-0.39, 0.29) is 12.1 Å². The molecule has 1 aromatic heterocycles. The number of esters is 1. The normalized spacial score (nSPS) is 19.6. The third-order valence-electron chi connectivity index (χ3n) is 4.10. The van der Waals surface area contributed by atoms with Gasteiger partial charge in [-0.05, 0) is 37.7 Å². The number of nitrogens with one attached hydrogen (secondary N) is 2. The number of ether oxygens (including phenoxy) is 2. The van der Waals surface area contributed by atoms with Crippen LogP contribution in [0, 0.1) is 5.92 Å². The zero-order valence-corrected chi connectivity index (χ0v) is 14.0. The van der Waals surface area contributed by atoms with Crippen LogP contribution in [0.3, 0.4) is 0 Å². The summed E-state index contributed by atoms with van der Waals surface area (Å²) in [7, 11) is 1.40. The highest BCUT2D eigenvalue weighted by molar-refractivity contribution is 6.39. The van der Waals surface area contributed by atoms with Crippen molar-refractivity contribution in [3.63, 3.8) is 0 Å². The molecule has 1 aliphatic rings. The van der Waals surface area contributed by atoms with Gasteiger partial charge in [-0.25, -0.2) is 10.8 Å². The summed E-state index contributed by atoms with van der Waals surface area (Å²) in [5.41, 5.74) is 2.11. The Hall–Kier alpha value is -2.68. The second-order valence-electron chi connectivity index (χ2n) is 5.85. The van der Waals surface area contributed by atoms with Gasteiger partial charge in [0.2, 0.25) is 5.88 Å². The number of nitrogens with two attached hydrogens (primary N) is 1. The molecule has 25 heavy (non-hydrogen) atoms. The van der Waals surface area contributed by atoms with E-state index in [0.29, 0.717) is 23.9 Å². The maximum atomic E-state index is 11.4. The summed E-state index contributed by atoms with van der Waals surface area (Å²) in [6.45, 7) is 0. The van der Waals surface area contributed by atoms with Gasteiger partial charge in [0.05, 0.1) is 19.0 Å². The Bertz CT molecular complexity index is 611. The maximum Gasteiger partial charge on any atom is 0.323 e. The summed E-state index contributed by atoms with van der Waals surface area (Å²) >= 11 is 0. The topological polar surface area (TPSA) is 133 Å². The van der Waals surface area contributed by atoms with Crippen molar-refractivity contribution in [1.29, 1.82) is 0 Å². The first kappa shape index (κ1) is 18.7. The first-order chi connectivity index (χ1) is 12.0. The van der Waals surface area contributed by atoms with Crippen LogP contribution in [-0.4, -0.2) is 36.0 Å². The molecular weight excluding hydrogens is 328 g/mol. The number of amides is 2. The highest BCUT2D eigenvalue weighted by atomic mass is 16.5. The molecule has 0 bridgehead atoms. The molecule has 4 N–H and O–H groups in total. The lowest BCUT2D eigenvalue weighted by Crippen LogP contribution is -2.39. The Labute approximate surface area is 145 Å². The molecule has 0 unspecified atom stereocenters. The number of hydrazine groups is 1. The van der Waals surface area contributed by atoms with Gasteiger partial charge in [0.25, 0.3) is 0 Å². The zero-order chi connectivity index (χ0) is 18.2. The van der Waals surface area contributed by atoms with Crippen molar-refractivity contribution in [1.82, 2.24) is 10.4 Å². The number of aromatic nitrogens is 1. The maximum absolute atomic E-state index is 11.4. The fourth-order valence-electron chi connectivity index (χ4n) is 2.72.